The van der Waals surface area contributed by atoms with Crippen molar-refractivity contribution in [2.24, 2.45) is 0 Å². The first-order chi connectivity index (χ1) is 10.1. The summed E-state index contributed by atoms with van der Waals surface area (Å²) in [6.45, 7) is 2.07. The number of methoxy groups -OCH3 is 1. The first-order valence-electron chi connectivity index (χ1n) is 5.97. The average molecular weight is 436 g/mol. The van der Waals surface area contributed by atoms with Crippen molar-refractivity contribution in [2.45, 2.75) is 6.92 Å². The quantitative estimate of drug-likeness (QED) is 0.695. The van der Waals surface area contributed by atoms with Gasteiger partial charge in [0.15, 0.2) is 5.69 Å². The molecule has 21 heavy (non-hydrogen) atoms. The lowest BCUT2D eigenvalue weighted by Gasteiger charge is -2.11. The Hall–Kier alpha value is -1.12. The van der Waals surface area contributed by atoms with Gasteiger partial charge in [-0.05, 0) is 44.8 Å². The normalized spacial score (nSPS) is 10.3. The molecule has 1 heterocycles. The predicted molar refractivity (Wildman–Crippen MR) is 89.7 cm³/mol. The van der Waals surface area contributed by atoms with Crippen LogP contribution in [-0.4, -0.2) is 24.7 Å². The Balaban J connectivity index is 2.31. The van der Waals surface area contributed by atoms with Crippen LogP contribution in [-0.2, 0) is 4.74 Å². The summed E-state index contributed by atoms with van der Waals surface area (Å²) >= 11 is 8.21. The van der Waals surface area contributed by atoms with E-state index in [0.29, 0.717) is 17.4 Å². The molecular weight excluding hydrogens is 424 g/mol. The van der Waals surface area contributed by atoms with Gasteiger partial charge in [0.25, 0.3) is 0 Å². The maximum atomic E-state index is 11.8. The van der Waals surface area contributed by atoms with Gasteiger partial charge in [0.05, 0.1) is 29.4 Å². The second kappa shape index (κ2) is 7.24. The number of hydrogen-bond donors (Lipinski definition) is 1. The van der Waals surface area contributed by atoms with E-state index in [1.807, 2.05) is 12.1 Å². The lowest BCUT2D eigenvalue weighted by atomic mass is 10.3. The highest BCUT2D eigenvalue weighted by atomic mass is 79.9. The minimum Gasteiger partial charge on any atom is -0.495 e. The van der Waals surface area contributed by atoms with E-state index in [2.05, 4.69) is 42.2 Å². The molecule has 0 radical (unpaired) electrons. The largest absolute Gasteiger partial charge is 0.495 e. The lowest BCUT2D eigenvalue weighted by molar-refractivity contribution is 0.0521. The number of anilines is 2. The van der Waals surface area contributed by atoms with Gasteiger partial charge in [0, 0.05) is 10.5 Å². The van der Waals surface area contributed by atoms with E-state index >= 15 is 0 Å². The number of ether oxygens (including phenoxy) is 2. The summed E-state index contributed by atoms with van der Waals surface area (Å²) in [6.07, 6.45) is 0. The van der Waals surface area contributed by atoms with Crippen molar-refractivity contribution in [2.75, 3.05) is 19.0 Å². The second-order valence-corrected chi connectivity index (χ2v) is 6.41. The molecule has 2 aromatic rings. The van der Waals surface area contributed by atoms with Crippen LogP contribution in [0.3, 0.4) is 0 Å². The van der Waals surface area contributed by atoms with Gasteiger partial charge in [-0.2, -0.15) is 0 Å². The van der Waals surface area contributed by atoms with E-state index < -0.39 is 5.97 Å². The minimum atomic E-state index is -0.443. The highest BCUT2D eigenvalue weighted by Gasteiger charge is 2.17. The number of nitrogens with one attached hydrogen (secondary N) is 1. The van der Waals surface area contributed by atoms with E-state index in [0.717, 1.165) is 14.6 Å². The molecular formula is C13H12Br2N2O3S. The number of benzene rings is 1. The number of carbonyl (C=O) groups excluding carboxylic acids is 1. The third-order valence-corrected chi connectivity index (χ3v) is 4.54. The van der Waals surface area contributed by atoms with Crippen molar-refractivity contribution in [3.05, 3.63) is 32.3 Å². The van der Waals surface area contributed by atoms with E-state index in [9.17, 15) is 4.79 Å². The smallest absolute Gasteiger partial charge is 0.360 e. The molecule has 0 aliphatic rings. The van der Waals surface area contributed by atoms with Gasteiger partial charge >= 0.3 is 5.97 Å². The molecule has 0 aliphatic heterocycles. The molecule has 5 nitrogen and oxygen atoms in total. The van der Waals surface area contributed by atoms with Crippen LogP contribution in [0.4, 0.5) is 10.7 Å². The Morgan fingerprint density at radius 2 is 2.14 bits per heavy atom. The Bertz CT molecular complexity index is 661. The average Bonchev–Trinajstić information content (AvgIpc) is 2.90. The van der Waals surface area contributed by atoms with Crippen molar-refractivity contribution in [3.63, 3.8) is 0 Å². The number of halogens is 2. The fourth-order valence-electron chi connectivity index (χ4n) is 1.58. The van der Waals surface area contributed by atoms with Gasteiger partial charge in [-0.3, -0.25) is 0 Å². The molecule has 2 rings (SSSR count). The number of carbonyl (C=O) groups is 1. The molecule has 0 saturated carbocycles. The predicted octanol–water partition coefficient (Wildman–Crippen LogP) is 4.60. The van der Waals surface area contributed by atoms with E-state index in [1.54, 1.807) is 19.5 Å². The molecule has 0 aliphatic carbocycles. The Labute approximate surface area is 142 Å². The van der Waals surface area contributed by atoms with E-state index in [1.165, 1.54) is 11.3 Å². The molecule has 1 N–H and O–H groups in total. The Morgan fingerprint density at radius 1 is 1.38 bits per heavy atom. The topological polar surface area (TPSA) is 60.5 Å². The van der Waals surface area contributed by atoms with Crippen LogP contribution >= 0.6 is 43.2 Å². The SMILES string of the molecule is CCOC(=O)c1ncsc1Nc1cc(OC)c(Br)cc1Br. The monoisotopic (exact) mass is 434 g/mol. The number of thiazole rings is 1. The van der Waals surface area contributed by atoms with E-state index in [-0.39, 0.29) is 5.69 Å². The Kier molecular flexibility index (Phi) is 5.60. The van der Waals surface area contributed by atoms with Gasteiger partial charge < -0.3 is 14.8 Å². The van der Waals surface area contributed by atoms with Gasteiger partial charge in [-0.15, -0.1) is 11.3 Å². The van der Waals surface area contributed by atoms with Crippen molar-refractivity contribution in [3.8, 4) is 5.75 Å². The standard InChI is InChI=1S/C13H12Br2N2O3S/c1-3-20-13(18)11-12(21-6-16-11)17-9-5-10(19-2)8(15)4-7(9)14/h4-6,17H,3H2,1-2H3. The summed E-state index contributed by atoms with van der Waals surface area (Å²) in [4.78, 5) is 15.9. The van der Waals surface area contributed by atoms with Crippen LogP contribution in [0, 0.1) is 0 Å². The number of aromatic nitrogens is 1. The zero-order valence-electron chi connectivity index (χ0n) is 11.3. The summed E-state index contributed by atoms with van der Waals surface area (Å²) in [5, 5.41) is 3.79. The molecule has 0 amide bonds. The molecule has 0 unspecified atom stereocenters. The van der Waals surface area contributed by atoms with Crippen LogP contribution in [0.5, 0.6) is 5.75 Å². The fourth-order valence-corrected chi connectivity index (χ4v) is 3.52. The number of rotatable bonds is 5. The van der Waals surface area contributed by atoms with Crippen LogP contribution in [0.1, 0.15) is 17.4 Å². The molecule has 8 heteroatoms. The molecule has 1 aromatic carbocycles. The molecule has 0 fully saturated rings. The van der Waals surface area contributed by atoms with Crippen molar-refractivity contribution >= 4 is 59.9 Å². The third kappa shape index (κ3) is 3.75. The second-order valence-electron chi connectivity index (χ2n) is 3.84. The summed E-state index contributed by atoms with van der Waals surface area (Å²) < 4.78 is 11.9. The van der Waals surface area contributed by atoms with E-state index in [4.69, 9.17) is 9.47 Å². The number of esters is 1. The number of hydrogen-bond acceptors (Lipinski definition) is 6. The maximum absolute atomic E-state index is 11.8. The summed E-state index contributed by atoms with van der Waals surface area (Å²) in [5.74, 6) is 0.240. The third-order valence-electron chi connectivity index (χ3n) is 2.53. The first kappa shape index (κ1) is 16.3. The number of nitrogens with zero attached hydrogens (tertiary/aromatic N) is 1. The molecule has 0 spiro atoms. The van der Waals surface area contributed by atoms with Gasteiger partial charge in [-0.25, -0.2) is 9.78 Å². The zero-order valence-corrected chi connectivity index (χ0v) is 15.3. The first-order valence-corrected chi connectivity index (χ1v) is 8.44. The van der Waals surface area contributed by atoms with Crippen molar-refractivity contribution in [1.29, 1.82) is 0 Å². The highest BCUT2D eigenvalue weighted by Crippen LogP contribution is 2.37. The van der Waals surface area contributed by atoms with Gasteiger partial charge in [0.1, 0.15) is 10.8 Å². The van der Waals surface area contributed by atoms with Crippen LogP contribution in [0.15, 0.2) is 26.6 Å². The Morgan fingerprint density at radius 3 is 2.81 bits per heavy atom. The van der Waals surface area contributed by atoms with Crippen molar-refractivity contribution < 1.29 is 14.3 Å². The van der Waals surface area contributed by atoms with Gasteiger partial charge in [0.2, 0.25) is 0 Å². The summed E-state index contributed by atoms with van der Waals surface area (Å²) in [6, 6.07) is 3.69. The van der Waals surface area contributed by atoms with Crippen LogP contribution in [0.25, 0.3) is 0 Å². The highest BCUT2D eigenvalue weighted by molar-refractivity contribution is 9.11. The summed E-state index contributed by atoms with van der Waals surface area (Å²) in [7, 11) is 1.59. The van der Waals surface area contributed by atoms with Gasteiger partial charge in [-0.1, -0.05) is 0 Å². The van der Waals surface area contributed by atoms with Crippen LogP contribution in [0.2, 0.25) is 0 Å². The van der Waals surface area contributed by atoms with Crippen molar-refractivity contribution in [1.82, 2.24) is 4.98 Å². The lowest BCUT2D eigenvalue weighted by Crippen LogP contribution is -2.07. The molecule has 0 bridgehead atoms. The summed E-state index contributed by atoms with van der Waals surface area (Å²) in [5.41, 5.74) is 2.64. The molecule has 1 aromatic heterocycles. The maximum Gasteiger partial charge on any atom is 0.360 e. The fraction of sp³-hybridized carbons (Fsp3) is 0.231. The molecule has 0 atom stereocenters. The molecule has 0 saturated heterocycles. The minimum absolute atomic E-state index is 0.274. The molecule has 112 valence electrons. The van der Waals surface area contributed by atoms with Crippen LogP contribution < -0.4 is 10.1 Å². The zero-order chi connectivity index (χ0) is 15.4.